The third-order valence-electron chi connectivity index (χ3n) is 6.94. The third-order valence-corrected chi connectivity index (χ3v) is 6.94. The second-order valence-corrected chi connectivity index (χ2v) is 10.1. The van der Waals surface area contributed by atoms with Crippen LogP contribution in [0, 0.1) is 13.8 Å². The summed E-state index contributed by atoms with van der Waals surface area (Å²) < 4.78 is 6.10. The molecule has 0 heterocycles. The van der Waals surface area contributed by atoms with E-state index in [1.165, 1.54) is 0 Å². The Kier molecular flexibility index (Phi) is 8.26. The molecule has 0 aliphatic carbocycles. The number of ether oxygens (including phenoxy) is 1. The van der Waals surface area contributed by atoms with E-state index in [1.54, 1.807) is 36.2 Å². The van der Waals surface area contributed by atoms with Crippen LogP contribution in [0.1, 0.15) is 37.4 Å². The van der Waals surface area contributed by atoms with Gasteiger partial charge >= 0.3 is 0 Å². The number of amides is 2. The van der Waals surface area contributed by atoms with E-state index in [-0.39, 0.29) is 11.8 Å². The molecular formula is C36H32N2O3. The number of nitrogens with one attached hydrogen (secondary N) is 1. The maximum atomic E-state index is 13.4. The lowest BCUT2D eigenvalue weighted by Gasteiger charge is -2.22. The molecule has 0 aliphatic rings. The van der Waals surface area contributed by atoms with E-state index in [0.29, 0.717) is 34.9 Å². The highest BCUT2D eigenvalue weighted by Crippen LogP contribution is 2.31. The zero-order valence-electron chi connectivity index (χ0n) is 23.4. The quantitative estimate of drug-likeness (QED) is 0.216. The summed E-state index contributed by atoms with van der Waals surface area (Å²) in [7, 11) is 1.74. The molecule has 0 spiro atoms. The van der Waals surface area contributed by atoms with Crippen molar-refractivity contribution in [3.05, 3.63) is 149 Å². The van der Waals surface area contributed by atoms with Gasteiger partial charge in [-0.2, -0.15) is 0 Å². The topological polar surface area (TPSA) is 58.6 Å². The number of nitrogens with zero attached hydrogens (tertiary/aromatic N) is 1. The summed E-state index contributed by atoms with van der Waals surface area (Å²) in [5.41, 5.74) is 7.46. The fourth-order valence-electron chi connectivity index (χ4n) is 4.61. The molecule has 0 unspecified atom stereocenters. The van der Waals surface area contributed by atoms with Crippen molar-refractivity contribution in [2.24, 2.45) is 0 Å². The predicted octanol–water partition coefficient (Wildman–Crippen LogP) is 8.08. The minimum atomic E-state index is -0.211. The Hall–Kier alpha value is -5.16. The summed E-state index contributed by atoms with van der Waals surface area (Å²) >= 11 is 0. The summed E-state index contributed by atoms with van der Waals surface area (Å²) in [5, 5.41) is 2.97. The van der Waals surface area contributed by atoms with Crippen LogP contribution in [0.4, 0.5) is 11.4 Å². The fourth-order valence-corrected chi connectivity index (χ4v) is 4.61. The number of hydrogen-bond acceptors (Lipinski definition) is 3. The fraction of sp³-hybridized carbons (Fsp3) is 0.111. The highest BCUT2D eigenvalue weighted by molar-refractivity contribution is 6.09. The predicted molar refractivity (Wildman–Crippen MR) is 166 cm³/mol. The highest BCUT2D eigenvalue weighted by Gasteiger charge is 2.19. The van der Waals surface area contributed by atoms with Crippen molar-refractivity contribution in [2.75, 3.05) is 17.3 Å². The standard InChI is InChI=1S/C36H32N2O3/c1-25-13-16-28(17-14-25)31-11-7-8-12-32(31)35(39)37-30-20-18-29(19-21-30)36(40)38(3)33-23-26(2)15-22-34(33)41-24-27-9-5-4-6-10-27/h4-23H,24H2,1-3H3,(H,37,39). The number of anilines is 2. The third kappa shape index (κ3) is 6.53. The number of carbonyl (C=O) groups is 2. The van der Waals surface area contributed by atoms with Gasteiger partial charge in [-0.3, -0.25) is 9.59 Å². The van der Waals surface area contributed by atoms with Crippen molar-refractivity contribution >= 4 is 23.2 Å². The molecule has 0 atom stereocenters. The minimum absolute atomic E-state index is 0.178. The van der Waals surface area contributed by atoms with E-state index < -0.39 is 0 Å². The first-order chi connectivity index (χ1) is 19.9. The van der Waals surface area contributed by atoms with Gasteiger partial charge in [-0.25, -0.2) is 0 Å². The summed E-state index contributed by atoms with van der Waals surface area (Å²) in [4.78, 5) is 28.3. The Labute approximate surface area is 241 Å². The Balaban J connectivity index is 1.30. The molecule has 5 heteroatoms. The molecule has 41 heavy (non-hydrogen) atoms. The normalized spacial score (nSPS) is 10.6. The average molecular weight is 541 g/mol. The van der Waals surface area contributed by atoms with Crippen LogP contribution in [-0.2, 0) is 6.61 Å². The summed E-state index contributed by atoms with van der Waals surface area (Å²) in [6.07, 6.45) is 0. The summed E-state index contributed by atoms with van der Waals surface area (Å²) in [5.74, 6) is 0.242. The summed E-state index contributed by atoms with van der Waals surface area (Å²) in [6, 6.07) is 38.3. The number of carbonyl (C=O) groups excluding carboxylic acids is 2. The molecule has 5 aromatic rings. The van der Waals surface area contributed by atoms with Gasteiger partial charge in [0.2, 0.25) is 0 Å². The van der Waals surface area contributed by atoms with Crippen molar-refractivity contribution in [3.63, 3.8) is 0 Å². The first kappa shape index (κ1) is 27.4. The van der Waals surface area contributed by atoms with Crippen molar-refractivity contribution in [1.82, 2.24) is 0 Å². The Morgan fingerprint density at radius 2 is 1.39 bits per heavy atom. The molecule has 0 fully saturated rings. The second kappa shape index (κ2) is 12.3. The Bertz CT molecular complexity index is 1660. The average Bonchev–Trinajstić information content (AvgIpc) is 3.01. The lowest BCUT2D eigenvalue weighted by Crippen LogP contribution is -2.27. The van der Waals surface area contributed by atoms with Crippen molar-refractivity contribution in [2.45, 2.75) is 20.5 Å². The number of rotatable bonds is 8. The van der Waals surface area contributed by atoms with Gasteiger partial charge in [0.1, 0.15) is 12.4 Å². The lowest BCUT2D eigenvalue weighted by atomic mass is 9.98. The highest BCUT2D eigenvalue weighted by atomic mass is 16.5. The molecule has 1 N–H and O–H groups in total. The van der Waals surface area contributed by atoms with Crippen LogP contribution in [0.3, 0.4) is 0 Å². The molecule has 0 aliphatic heterocycles. The van der Waals surface area contributed by atoms with Crippen molar-refractivity contribution < 1.29 is 14.3 Å². The minimum Gasteiger partial charge on any atom is -0.487 e. The van der Waals surface area contributed by atoms with Gasteiger partial charge in [0.15, 0.2) is 0 Å². The maximum absolute atomic E-state index is 13.4. The molecule has 0 aromatic heterocycles. The van der Waals surface area contributed by atoms with Crippen LogP contribution in [0.15, 0.2) is 121 Å². The molecule has 0 saturated heterocycles. The molecule has 5 aromatic carbocycles. The zero-order valence-corrected chi connectivity index (χ0v) is 23.4. The van der Waals surface area contributed by atoms with Gasteiger partial charge in [0, 0.05) is 23.9 Å². The second-order valence-electron chi connectivity index (χ2n) is 10.1. The monoisotopic (exact) mass is 540 g/mol. The van der Waals surface area contributed by atoms with E-state index in [1.807, 2.05) is 111 Å². The van der Waals surface area contributed by atoms with Crippen molar-refractivity contribution in [3.8, 4) is 16.9 Å². The van der Waals surface area contributed by atoms with Gasteiger partial charge in [-0.15, -0.1) is 0 Å². The Morgan fingerprint density at radius 3 is 2.12 bits per heavy atom. The number of benzene rings is 5. The Morgan fingerprint density at radius 1 is 0.732 bits per heavy atom. The molecule has 0 saturated carbocycles. The van der Waals surface area contributed by atoms with Crippen LogP contribution in [0.2, 0.25) is 0 Å². The molecule has 204 valence electrons. The summed E-state index contributed by atoms with van der Waals surface area (Å²) in [6.45, 7) is 4.42. The maximum Gasteiger partial charge on any atom is 0.258 e. The van der Waals surface area contributed by atoms with Gasteiger partial charge in [-0.05, 0) is 78.6 Å². The van der Waals surface area contributed by atoms with Crippen LogP contribution in [-0.4, -0.2) is 18.9 Å². The molecule has 5 nitrogen and oxygen atoms in total. The molecule has 0 bridgehead atoms. The zero-order chi connectivity index (χ0) is 28.8. The SMILES string of the molecule is Cc1ccc(-c2ccccc2C(=O)Nc2ccc(C(=O)N(C)c3cc(C)ccc3OCc3ccccc3)cc2)cc1. The molecule has 2 amide bonds. The van der Waals surface area contributed by atoms with Crippen LogP contribution < -0.4 is 15.0 Å². The van der Waals surface area contributed by atoms with E-state index in [2.05, 4.69) is 5.32 Å². The van der Waals surface area contributed by atoms with Gasteiger partial charge in [-0.1, -0.05) is 84.4 Å². The van der Waals surface area contributed by atoms with Gasteiger partial charge < -0.3 is 15.0 Å². The van der Waals surface area contributed by atoms with E-state index >= 15 is 0 Å². The number of aryl methyl sites for hydroxylation is 2. The first-order valence-corrected chi connectivity index (χ1v) is 13.5. The van der Waals surface area contributed by atoms with Crippen molar-refractivity contribution in [1.29, 1.82) is 0 Å². The number of hydrogen-bond donors (Lipinski definition) is 1. The van der Waals surface area contributed by atoms with Gasteiger partial charge in [0.05, 0.1) is 5.69 Å². The van der Waals surface area contributed by atoms with E-state index in [4.69, 9.17) is 4.74 Å². The van der Waals surface area contributed by atoms with Gasteiger partial charge in [0.25, 0.3) is 11.8 Å². The van der Waals surface area contributed by atoms with Crippen LogP contribution in [0.5, 0.6) is 5.75 Å². The van der Waals surface area contributed by atoms with Crippen LogP contribution >= 0.6 is 0 Å². The van der Waals surface area contributed by atoms with E-state index in [9.17, 15) is 9.59 Å². The largest absolute Gasteiger partial charge is 0.487 e. The lowest BCUT2D eigenvalue weighted by molar-refractivity contribution is 0.0990. The van der Waals surface area contributed by atoms with E-state index in [0.717, 1.165) is 27.8 Å². The molecular weight excluding hydrogens is 508 g/mol. The molecule has 0 radical (unpaired) electrons. The smallest absolute Gasteiger partial charge is 0.258 e. The molecule has 5 rings (SSSR count). The first-order valence-electron chi connectivity index (χ1n) is 13.5. The van der Waals surface area contributed by atoms with Crippen LogP contribution in [0.25, 0.3) is 11.1 Å².